The smallest absolute Gasteiger partial charge is 0.134 e. The van der Waals surface area contributed by atoms with Gasteiger partial charge in [-0.3, -0.25) is 0 Å². The van der Waals surface area contributed by atoms with Gasteiger partial charge in [0.15, 0.2) is 0 Å². The molecule has 0 aliphatic heterocycles. The number of aliphatic hydroxyl groups excluding tert-OH is 1. The van der Waals surface area contributed by atoms with Crippen LogP contribution in [0.1, 0.15) is 51.0 Å². The standard InChI is InChI=1S/C16H28N4O/c1-11(2)14-15(17-3)19-10-20-16(14)18-8-12-6-4-5-7-13(12)9-21/h10-13,21H,4-9H2,1-3H3,(H2,17,18,19,20). The molecular weight excluding hydrogens is 264 g/mol. The molecule has 2 unspecified atom stereocenters. The minimum absolute atomic E-state index is 0.301. The Morgan fingerprint density at radius 2 is 1.86 bits per heavy atom. The van der Waals surface area contributed by atoms with E-state index < -0.39 is 0 Å². The van der Waals surface area contributed by atoms with Crippen LogP contribution in [0.15, 0.2) is 6.33 Å². The molecule has 2 rings (SSSR count). The molecule has 1 fully saturated rings. The molecule has 1 aliphatic carbocycles. The summed E-state index contributed by atoms with van der Waals surface area (Å²) in [7, 11) is 1.89. The molecule has 5 nitrogen and oxygen atoms in total. The zero-order valence-corrected chi connectivity index (χ0v) is 13.4. The third kappa shape index (κ3) is 3.84. The molecule has 1 aromatic heterocycles. The topological polar surface area (TPSA) is 70.1 Å². The van der Waals surface area contributed by atoms with Crippen LogP contribution < -0.4 is 10.6 Å². The SMILES string of the molecule is CNc1ncnc(NCC2CCCCC2CO)c1C(C)C. The Hall–Kier alpha value is -1.36. The Kier molecular flexibility index (Phi) is 5.79. The van der Waals surface area contributed by atoms with Crippen molar-refractivity contribution in [1.29, 1.82) is 0 Å². The maximum atomic E-state index is 9.52. The van der Waals surface area contributed by atoms with E-state index in [-0.39, 0.29) is 0 Å². The molecule has 0 aromatic carbocycles. The molecule has 1 heterocycles. The van der Waals surface area contributed by atoms with E-state index in [1.165, 1.54) is 19.3 Å². The summed E-state index contributed by atoms with van der Waals surface area (Å²) in [5, 5.41) is 16.2. The first-order valence-electron chi connectivity index (χ1n) is 8.04. The molecule has 118 valence electrons. The van der Waals surface area contributed by atoms with E-state index in [1.807, 2.05) is 7.05 Å². The first-order chi connectivity index (χ1) is 10.2. The number of hydrogen-bond donors (Lipinski definition) is 3. The quantitative estimate of drug-likeness (QED) is 0.752. The predicted octanol–water partition coefficient (Wildman–Crippen LogP) is 2.85. The molecule has 0 bridgehead atoms. The van der Waals surface area contributed by atoms with E-state index in [0.717, 1.165) is 30.2 Å². The number of rotatable bonds is 6. The second-order valence-corrected chi connectivity index (χ2v) is 6.26. The maximum absolute atomic E-state index is 9.52. The van der Waals surface area contributed by atoms with E-state index in [0.29, 0.717) is 24.4 Å². The highest BCUT2D eigenvalue weighted by Crippen LogP contribution is 2.32. The van der Waals surface area contributed by atoms with Gasteiger partial charge in [0, 0.05) is 25.8 Å². The molecule has 1 saturated carbocycles. The summed E-state index contributed by atoms with van der Waals surface area (Å²) in [4.78, 5) is 8.72. The van der Waals surface area contributed by atoms with Crippen molar-refractivity contribution in [3.8, 4) is 0 Å². The summed E-state index contributed by atoms with van der Waals surface area (Å²) in [6, 6.07) is 0. The van der Waals surface area contributed by atoms with E-state index in [2.05, 4.69) is 34.4 Å². The van der Waals surface area contributed by atoms with Crippen LogP contribution in [-0.4, -0.2) is 35.3 Å². The van der Waals surface area contributed by atoms with Crippen LogP contribution in [0.4, 0.5) is 11.6 Å². The van der Waals surface area contributed by atoms with Gasteiger partial charge in [0.05, 0.1) is 0 Å². The van der Waals surface area contributed by atoms with Gasteiger partial charge in [-0.2, -0.15) is 0 Å². The average molecular weight is 292 g/mol. The van der Waals surface area contributed by atoms with Crippen LogP contribution in [0.3, 0.4) is 0 Å². The minimum Gasteiger partial charge on any atom is -0.396 e. The van der Waals surface area contributed by atoms with Crippen LogP contribution in [0, 0.1) is 11.8 Å². The zero-order valence-electron chi connectivity index (χ0n) is 13.4. The van der Waals surface area contributed by atoms with E-state index in [4.69, 9.17) is 0 Å². The Bertz CT molecular complexity index is 450. The minimum atomic E-state index is 0.301. The second kappa shape index (κ2) is 7.59. The van der Waals surface area contributed by atoms with Crippen molar-refractivity contribution in [2.45, 2.75) is 45.4 Å². The van der Waals surface area contributed by atoms with E-state index in [1.54, 1.807) is 6.33 Å². The van der Waals surface area contributed by atoms with Gasteiger partial charge in [0.2, 0.25) is 0 Å². The fourth-order valence-corrected chi connectivity index (χ4v) is 3.30. The maximum Gasteiger partial charge on any atom is 0.134 e. The molecule has 0 radical (unpaired) electrons. The highest BCUT2D eigenvalue weighted by molar-refractivity contribution is 5.58. The normalized spacial score (nSPS) is 22.3. The van der Waals surface area contributed by atoms with Gasteiger partial charge in [-0.1, -0.05) is 26.7 Å². The second-order valence-electron chi connectivity index (χ2n) is 6.26. The predicted molar refractivity (Wildman–Crippen MR) is 86.7 cm³/mol. The van der Waals surface area contributed by atoms with Gasteiger partial charge in [-0.15, -0.1) is 0 Å². The largest absolute Gasteiger partial charge is 0.396 e. The van der Waals surface area contributed by atoms with Crippen molar-refractivity contribution in [2.75, 3.05) is 30.8 Å². The van der Waals surface area contributed by atoms with Crippen LogP contribution in [0.2, 0.25) is 0 Å². The summed E-state index contributed by atoms with van der Waals surface area (Å²) in [5.41, 5.74) is 1.14. The Labute approximate surface area is 127 Å². The lowest BCUT2D eigenvalue weighted by molar-refractivity contribution is 0.141. The Balaban J connectivity index is 2.08. The number of nitrogens with zero attached hydrogens (tertiary/aromatic N) is 2. The first kappa shape index (κ1) is 16.0. The van der Waals surface area contributed by atoms with Crippen molar-refractivity contribution in [1.82, 2.24) is 9.97 Å². The summed E-state index contributed by atoms with van der Waals surface area (Å²) in [6.07, 6.45) is 6.46. The molecule has 0 amide bonds. The number of hydrogen-bond acceptors (Lipinski definition) is 5. The van der Waals surface area contributed by atoms with Gasteiger partial charge in [-0.05, 0) is 30.6 Å². The van der Waals surface area contributed by atoms with Crippen LogP contribution in [0.5, 0.6) is 0 Å². The fourth-order valence-electron chi connectivity index (χ4n) is 3.30. The third-order valence-electron chi connectivity index (χ3n) is 4.53. The van der Waals surface area contributed by atoms with Gasteiger partial charge in [-0.25, -0.2) is 9.97 Å². The van der Waals surface area contributed by atoms with Crippen LogP contribution in [0.25, 0.3) is 0 Å². The highest BCUT2D eigenvalue weighted by atomic mass is 16.3. The first-order valence-corrected chi connectivity index (χ1v) is 8.04. The third-order valence-corrected chi connectivity index (χ3v) is 4.53. The summed E-state index contributed by atoms with van der Waals surface area (Å²) >= 11 is 0. The van der Waals surface area contributed by atoms with Crippen molar-refractivity contribution in [2.24, 2.45) is 11.8 Å². The molecular formula is C16H28N4O. The molecule has 1 aromatic rings. The molecule has 21 heavy (non-hydrogen) atoms. The fraction of sp³-hybridized carbons (Fsp3) is 0.750. The summed E-state index contributed by atoms with van der Waals surface area (Å²) < 4.78 is 0. The van der Waals surface area contributed by atoms with Gasteiger partial charge >= 0.3 is 0 Å². The van der Waals surface area contributed by atoms with Crippen molar-refractivity contribution >= 4 is 11.6 Å². The lowest BCUT2D eigenvalue weighted by Gasteiger charge is -2.30. The molecule has 5 heteroatoms. The molecule has 0 spiro atoms. The summed E-state index contributed by atoms with van der Waals surface area (Å²) in [5.74, 6) is 3.14. The van der Waals surface area contributed by atoms with E-state index in [9.17, 15) is 5.11 Å². The molecule has 2 atom stereocenters. The Morgan fingerprint density at radius 3 is 2.48 bits per heavy atom. The van der Waals surface area contributed by atoms with Crippen molar-refractivity contribution < 1.29 is 5.11 Å². The average Bonchev–Trinajstić information content (AvgIpc) is 2.52. The monoisotopic (exact) mass is 292 g/mol. The van der Waals surface area contributed by atoms with Crippen LogP contribution in [-0.2, 0) is 0 Å². The number of aromatic nitrogens is 2. The van der Waals surface area contributed by atoms with Gasteiger partial charge in [0.25, 0.3) is 0 Å². The zero-order chi connectivity index (χ0) is 15.2. The number of aliphatic hydroxyl groups is 1. The van der Waals surface area contributed by atoms with Crippen molar-refractivity contribution in [3.05, 3.63) is 11.9 Å². The molecule has 0 saturated heterocycles. The van der Waals surface area contributed by atoms with Gasteiger partial charge in [0.1, 0.15) is 18.0 Å². The summed E-state index contributed by atoms with van der Waals surface area (Å²) in [6.45, 7) is 5.49. The molecule has 1 aliphatic rings. The van der Waals surface area contributed by atoms with Crippen LogP contribution >= 0.6 is 0 Å². The van der Waals surface area contributed by atoms with Crippen molar-refractivity contribution in [3.63, 3.8) is 0 Å². The lowest BCUT2D eigenvalue weighted by Crippen LogP contribution is -2.29. The number of anilines is 2. The van der Waals surface area contributed by atoms with Gasteiger partial charge < -0.3 is 15.7 Å². The van der Waals surface area contributed by atoms with E-state index >= 15 is 0 Å². The lowest BCUT2D eigenvalue weighted by atomic mass is 9.79. The number of nitrogens with one attached hydrogen (secondary N) is 2. The Morgan fingerprint density at radius 1 is 1.19 bits per heavy atom. The molecule has 3 N–H and O–H groups in total. The highest BCUT2D eigenvalue weighted by Gasteiger charge is 2.25.